The van der Waals surface area contributed by atoms with E-state index >= 15 is 0 Å². The normalized spacial score (nSPS) is 18.1. The fraction of sp³-hybridized carbons (Fsp3) is 0.488. The van der Waals surface area contributed by atoms with Crippen molar-refractivity contribution in [3.63, 3.8) is 0 Å². The van der Waals surface area contributed by atoms with Crippen LogP contribution in [0.5, 0.6) is 5.75 Å². The molecule has 2 aromatic rings. The van der Waals surface area contributed by atoms with E-state index in [0.717, 1.165) is 11.1 Å². The standard InChI is InChI=1S/C41H56N4O9Si/c1-12-17-52-39(50)35(47)34(24(2)3)43-36(48)27(6)42-21-28-13-15-29(16-14-28)23-53-40(51)45-31-20-33(46)26(5)19-30(31)37(49)44-22-25(4)18-32(44)38(45)54-55(10,11)41(7,8)9/h12-16,19-20,22,24,27,32,34,38,42,46H,1,17-18,21,23H2,2-11H3,(H,43,48)/t27-,32-,34-,38-/m0/s1. The van der Waals surface area contributed by atoms with E-state index in [0.29, 0.717) is 24.1 Å². The number of anilines is 1. The van der Waals surface area contributed by atoms with Crippen molar-refractivity contribution in [2.45, 2.75) is 117 Å². The van der Waals surface area contributed by atoms with Crippen molar-refractivity contribution in [1.29, 1.82) is 0 Å². The van der Waals surface area contributed by atoms with E-state index < -0.39 is 56.4 Å². The Morgan fingerprint density at radius 1 is 1.04 bits per heavy atom. The molecule has 3 N–H and O–H groups in total. The van der Waals surface area contributed by atoms with Gasteiger partial charge >= 0.3 is 12.1 Å². The summed E-state index contributed by atoms with van der Waals surface area (Å²) in [7, 11) is -2.54. The summed E-state index contributed by atoms with van der Waals surface area (Å²) in [5.74, 6) is -3.00. The zero-order valence-corrected chi connectivity index (χ0v) is 34.6. The molecule has 3 amide bonds. The number of esters is 1. The van der Waals surface area contributed by atoms with Gasteiger partial charge in [-0.15, -0.1) is 0 Å². The molecule has 0 spiro atoms. The first kappa shape index (κ1) is 42.9. The second kappa shape index (κ2) is 17.3. The summed E-state index contributed by atoms with van der Waals surface area (Å²) in [4.78, 5) is 69.0. The molecule has 0 saturated heterocycles. The van der Waals surface area contributed by atoms with Gasteiger partial charge < -0.3 is 34.5 Å². The van der Waals surface area contributed by atoms with Gasteiger partial charge in [0.1, 0.15) is 25.0 Å². The number of hydrogen-bond acceptors (Lipinski definition) is 10. The number of fused-ring (bicyclic) bond motifs is 2. The van der Waals surface area contributed by atoms with Crippen molar-refractivity contribution < 1.29 is 43.0 Å². The third-order valence-corrected chi connectivity index (χ3v) is 14.9. The van der Waals surface area contributed by atoms with Gasteiger partial charge in [-0.2, -0.15) is 0 Å². The molecule has 0 aliphatic carbocycles. The first-order valence-electron chi connectivity index (χ1n) is 18.6. The highest BCUT2D eigenvalue weighted by Gasteiger charge is 2.50. The molecule has 14 heteroatoms. The van der Waals surface area contributed by atoms with Crippen LogP contribution in [-0.4, -0.2) is 78.9 Å². The smallest absolute Gasteiger partial charge is 0.416 e. The van der Waals surface area contributed by atoms with E-state index in [2.05, 4.69) is 51.1 Å². The van der Waals surface area contributed by atoms with Crippen LogP contribution in [-0.2, 0) is 41.4 Å². The van der Waals surface area contributed by atoms with Crippen LogP contribution in [0, 0.1) is 12.8 Å². The number of amides is 3. The van der Waals surface area contributed by atoms with Crippen molar-refractivity contribution in [1.82, 2.24) is 15.5 Å². The average molecular weight is 777 g/mol. The summed E-state index contributed by atoms with van der Waals surface area (Å²) in [5.41, 5.74) is 3.51. The molecule has 298 valence electrons. The zero-order valence-electron chi connectivity index (χ0n) is 33.6. The number of ketones is 1. The number of Topliss-reactive ketones (excluding diaryl/α,β-unsaturated/α-hetero) is 1. The van der Waals surface area contributed by atoms with Crippen molar-refractivity contribution in [2.75, 3.05) is 11.5 Å². The number of aryl methyl sites for hydroxylation is 1. The van der Waals surface area contributed by atoms with Crippen LogP contribution in [0.1, 0.15) is 81.9 Å². The number of nitrogens with one attached hydrogen (secondary N) is 2. The monoisotopic (exact) mass is 776 g/mol. The molecule has 13 nitrogen and oxygen atoms in total. The van der Waals surface area contributed by atoms with Gasteiger partial charge in [-0.3, -0.25) is 14.4 Å². The Kier molecular flexibility index (Phi) is 13.5. The number of phenolic OH excluding ortho intramolecular Hbond substituents is 1. The molecule has 0 bridgehead atoms. The Hall–Kier alpha value is -4.79. The molecule has 4 rings (SSSR count). The number of carbonyl (C=O) groups is 5. The largest absolute Gasteiger partial charge is 0.508 e. The fourth-order valence-electron chi connectivity index (χ4n) is 6.06. The molecular formula is C41H56N4O9Si. The summed E-state index contributed by atoms with van der Waals surface area (Å²) in [6, 6.07) is 8.09. The number of benzene rings is 2. The summed E-state index contributed by atoms with van der Waals surface area (Å²) in [6.07, 6.45) is 2.07. The molecule has 0 saturated carbocycles. The average Bonchev–Trinajstić information content (AvgIpc) is 3.48. The predicted octanol–water partition coefficient (Wildman–Crippen LogP) is 6.24. The van der Waals surface area contributed by atoms with Crippen LogP contribution < -0.4 is 15.5 Å². The topological polar surface area (TPSA) is 164 Å². The van der Waals surface area contributed by atoms with Crippen LogP contribution in [0.15, 0.2) is 60.8 Å². The van der Waals surface area contributed by atoms with Gasteiger partial charge in [-0.25, -0.2) is 14.5 Å². The van der Waals surface area contributed by atoms with E-state index in [4.69, 9.17) is 13.9 Å². The molecule has 0 radical (unpaired) electrons. The van der Waals surface area contributed by atoms with Crippen LogP contribution in [0.2, 0.25) is 18.1 Å². The molecule has 2 aliphatic heterocycles. The second-order valence-electron chi connectivity index (χ2n) is 16.2. The third kappa shape index (κ3) is 9.91. The number of carbonyl (C=O) groups excluding carboxylic acids is 5. The lowest BCUT2D eigenvalue weighted by molar-refractivity contribution is -0.154. The lowest BCUT2D eigenvalue weighted by atomic mass is 9.99. The maximum atomic E-state index is 14.3. The second-order valence-corrected chi connectivity index (χ2v) is 21.0. The first-order valence-corrected chi connectivity index (χ1v) is 21.5. The van der Waals surface area contributed by atoms with Crippen molar-refractivity contribution in [3.8, 4) is 5.75 Å². The molecule has 2 heterocycles. The van der Waals surface area contributed by atoms with Crippen LogP contribution in [0.25, 0.3) is 0 Å². The van der Waals surface area contributed by atoms with Crippen molar-refractivity contribution in [3.05, 3.63) is 83.1 Å². The van der Waals surface area contributed by atoms with Crippen molar-refractivity contribution in [2.24, 2.45) is 5.92 Å². The minimum absolute atomic E-state index is 0.0580. The van der Waals surface area contributed by atoms with Crippen LogP contribution in [0.4, 0.5) is 10.5 Å². The van der Waals surface area contributed by atoms with E-state index in [9.17, 15) is 29.1 Å². The number of aromatic hydroxyl groups is 1. The Morgan fingerprint density at radius 3 is 2.27 bits per heavy atom. The molecule has 0 aromatic heterocycles. The molecule has 2 aromatic carbocycles. The molecular weight excluding hydrogens is 721 g/mol. The van der Waals surface area contributed by atoms with E-state index in [1.165, 1.54) is 17.0 Å². The van der Waals surface area contributed by atoms with Gasteiger partial charge in [0.05, 0.1) is 23.3 Å². The highest BCUT2D eigenvalue weighted by atomic mass is 28.4. The van der Waals surface area contributed by atoms with Gasteiger partial charge in [0.15, 0.2) is 14.5 Å². The molecule has 55 heavy (non-hydrogen) atoms. The summed E-state index contributed by atoms with van der Waals surface area (Å²) in [6.45, 7) is 22.8. The third-order valence-electron chi connectivity index (χ3n) is 10.5. The quantitative estimate of drug-likeness (QED) is 0.0866. The van der Waals surface area contributed by atoms with Gasteiger partial charge in [0.25, 0.3) is 11.7 Å². The van der Waals surface area contributed by atoms with Gasteiger partial charge in [0, 0.05) is 18.8 Å². The number of phenols is 1. The SMILES string of the molecule is C=CCOC(=O)C(=O)[C@@H](NC(=O)[C@H](C)NCc1ccc(COC(=O)N2c3cc(O)c(C)cc3C(=O)N3C=C(C)C[C@H]3[C@@H]2O[Si](C)(C)C(C)(C)C)cc1)C(C)C. The van der Waals surface area contributed by atoms with Crippen molar-refractivity contribution >= 4 is 43.7 Å². The molecule has 2 aliphatic rings. The molecule has 0 fully saturated rings. The Labute approximate surface area is 325 Å². The van der Waals surface area contributed by atoms with Crippen LogP contribution >= 0.6 is 0 Å². The van der Waals surface area contributed by atoms with E-state index in [1.54, 1.807) is 38.7 Å². The molecule has 4 atom stereocenters. The van der Waals surface area contributed by atoms with E-state index in [1.807, 2.05) is 37.4 Å². The van der Waals surface area contributed by atoms with Gasteiger partial charge in [0.2, 0.25) is 5.91 Å². The van der Waals surface area contributed by atoms with Crippen LogP contribution in [0.3, 0.4) is 0 Å². The first-order chi connectivity index (χ1) is 25.7. The minimum Gasteiger partial charge on any atom is -0.508 e. The summed E-state index contributed by atoms with van der Waals surface area (Å²) in [5, 5.41) is 16.4. The van der Waals surface area contributed by atoms with Gasteiger partial charge in [-0.05, 0) is 74.0 Å². The summed E-state index contributed by atoms with van der Waals surface area (Å²) >= 11 is 0. The summed E-state index contributed by atoms with van der Waals surface area (Å²) < 4.78 is 17.8. The number of hydrogen-bond donors (Lipinski definition) is 3. The number of nitrogens with zero attached hydrogens (tertiary/aromatic N) is 2. The lowest BCUT2D eigenvalue weighted by Crippen LogP contribution is -2.57. The Morgan fingerprint density at radius 2 is 1.67 bits per heavy atom. The lowest BCUT2D eigenvalue weighted by Gasteiger charge is -2.44. The highest BCUT2D eigenvalue weighted by Crippen LogP contribution is 2.44. The van der Waals surface area contributed by atoms with E-state index in [-0.39, 0.29) is 47.1 Å². The Balaban J connectivity index is 1.48. The fourth-order valence-corrected chi connectivity index (χ4v) is 7.28. The van der Waals surface area contributed by atoms with Gasteiger partial charge in [-0.1, -0.05) is 77.1 Å². The number of rotatable bonds is 14. The Bertz CT molecular complexity index is 1830. The number of ether oxygens (including phenoxy) is 2. The zero-order chi connectivity index (χ0) is 41.0. The predicted molar refractivity (Wildman–Crippen MR) is 212 cm³/mol. The molecule has 0 unspecified atom stereocenters. The maximum absolute atomic E-state index is 14.3. The minimum atomic E-state index is -2.54. The highest BCUT2D eigenvalue weighted by molar-refractivity contribution is 6.74. The maximum Gasteiger partial charge on any atom is 0.416 e.